The number of piperidine rings is 1. The van der Waals surface area contributed by atoms with E-state index >= 15 is 0 Å². The lowest BCUT2D eigenvalue weighted by molar-refractivity contribution is 0.115. The molecular weight excluding hydrogens is 220 g/mol. The van der Waals surface area contributed by atoms with E-state index in [0.717, 1.165) is 0 Å². The van der Waals surface area contributed by atoms with Crippen molar-refractivity contribution < 1.29 is 0 Å². The third-order valence-corrected chi connectivity index (χ3v) is 4.51. The van der Waals surface area contributed by atoms with Crippen molar-refractivity contribution in [3.8, 4) is 0 Å². The molecule has 2 heteroatoms. The average Bonchev–Trinajstić information content (AvgIpc) is 2.37. The second kappa shape index (κ2) is 8.16. The summed E-state index contributed by atoms with van der Waals surface area (Å²) in [5.74, 6) is 0. The molecule has 0 spiro atoms. The van der Waals surface area contributed by atoms with Crippen LogP contribution in [-0.2, 0) is 0 Å². The summed E-state index contributed by atoms with van der Waals surface area (Å²) >= 11 is 0. The van der Waals surface area contributed by atoms with Gasteiger partial charge in [-0.15, -0.1) is 0 Å². The number of hydrogen-bond donors (Lipinski definition) is 1. The maximum Gasteiger partial charge on any atom is 0.00631 e. The van der Waals surface area contributed by atoms with Gasteiger partial charge in [-0.25, -0.2) is 0 Å². The normalized spacial score (nSPS) is 19.3. The highest BCUT2D eigenvalue weighted by molar-refractivity contribution is 4.82. The van der Waals surface area contributed by atoms with Crippen molar-refractivity contribution in [2.45, 2.75) is 78.2 Å². The van der Waals surface area contributed by atoms with E-state index in [1.54, 1.807) is 0 Å². The quantitative estimate of drug-likeness (QED) is 0.714. The Morgan fingerprint density at radius 1 is 1.06 bits per heavy atom. The van der Waals surface area contributed by atoms with Gasteiger partial charge in [-0.2, -0.15) is 0 Å². The van der Waals surface area contributed by atoms with E-state index in [1.165, 1.54) is 71.0 Å². The molecule has 1 heterocycles. The summed E-state index contributed by atoms with van der Waals surface area (Å²) in [5, 5.41) is 0. The smallest absolute Gasteiger partial charge is 0.00631 e. The average molecular weight is 254 g/mol. The fraction of sp³-hybridized carbons (Fsp3) is 1.00. The van der Waals surface area contributed by atoms with Crippen LogP contribution >= 0.6 is 0 Å². The van der Waals surface area contributed by atoms with E-state index in [2.05, 4.69) is 25.7 Å². The van der Waals surface area contributed by atoms with Crippen LogP contribution in [0.1, 0.15) is 72.1 Å². The largest absolute Gasteiger partial charge is 0.328 e. The van der Waals surface area contributed by atoms with Crippen molar-refractivity contribution in [3.05, 3.63) is 0 Å². The Kier molecular flexibility index (Phi) is 7.25. The molecule has 0 aliphatic carbocycles. The molecule has 1 fully saturated rings. The lowest BCUT2D eigenvalue weighted by Crippen LogP contribution is -2.44. The highest BCUT2D eigenvalue weighted by atomic mass is 15.1. The molecule has 0 saturated carbocycles. The van der Waals surface area contributed by atoms with Crippen molar-refractivity contribution in [2.24, 2.45) is 11.1 Å². The van der Waals surface area contributed by atoms with Crippen LogP contribution in [0.2, 0.25) is 0 Å². The van der Waals surface area contributed by atoms with Gasteiger partial charge in [-0.05, 0) is 44.2 Å². The van der Waals surface area contributed by atoms with Crippen LogP contribution in [-0.4, -0.2) is 30.6 Å². The maximum atomic E-state index is 5.99. The van der Waals surface area contributed by atoms with Gasteiger partial charge in [0.05, 0.1) is 0 Å². The number of likely N-dealkylation sites (tertiary alicyclic amines) is 1. The molecule has 1 rings (SSSR count). The van der Waals surface area contributed by atoms with Crippen molar-refractivity contribution in [2.75, 3.05) is 19.6 Å². The Morgan fingerprint density at radius 3 is 2.00 bits per heavy atom. The minimum Gasteiger partial charge on any atom is -0.328 e. The predicted molar refractivity (Wildman–Crippen MR) is 80.8 cm³/mol. The minimum absolute atomic E-state index is 0.457. The molecule has 0 amide bonds. The van der Waals surface area contributed by atoms with Crippen LogP contribution in [0.3, 0.4) is 0 Å². The molecule has 0 radical (unpaired) electrons. The standard InChI is InChI=1S/C16H34N2/c1-4-6-10-16(3,11-7-5-2)14-18-12-8-15(17)9-13-18/h15H,4-14,17H2,1-3H3. The topological polar surface area (TPSA) is 29.3 Å². The van der Waals surface area contributed by atoms with E-state index in [-0.39, 0.29) is 0 Å². The van der Waals surface area contributed by atoms with Crippen LogP contribution in [0.15, 0.2) is 0 Å². The van der Waals surface area contributed by atoms with Crippen LogP contribution < -0.4 is 5.73 Å². The number of nitrogens with two attached hydrogens (primary N) is 1. The summed E-state index contributed by atoms with van der Waals surface area (Å²) in [4.78, 5) is 2.66. The zero-order valence-corrected chi connectivity index (χ0v) is 12.9. The molecule has 0 aromatic carbocycles. The van der Waals surface area contributed by atoms with Gasteiger partial charge in [0, 0.05) is 12.6 Å². The van der Waals surface area contributed by atoms with Crippen molar-refractivity contribution in [1.82, 2.24) is 4.90 Å². The Morgan fingerprint density at radius 2 is 1.56 bits per heavy atom. The van der Waals surface area contributed by atoms with Crippen molar-refractivity contribution in [1.29, 1.82) is 0 Å². The molecule has 2 nitrogen and oxygen atoms in total. The summed E-state index contributed by atoms with van der Waals surface area (Å²) < 4.78 is 0. The first-order valence-electron chi connectivity index (χ1n) is 8.07. The lowest BCUT2D eigenvalue weighted by Gasteiger charge is -2.39. The van der Waals surface area contributed by atoms with Crippen molar-refractivity contribution >= 4 is 0 Å². The fourth-order valence-electron chi connectivity index (χ4n) is 3.14. The monoisotopic (exact) mass is 254 g/mol. The van der Waals surface area contributed by atoms with E-state index in [4.69, 9.17) is 5.73 Å². The first kappa shape index (κ1) is 16.0. The molecule has 1 aliphatic rings. The second-order valence-corrected chi connectivity index (χ2v) is 6.63. The fourth-order valence-corrected chi connectivity index (χ4v) is 3.14. The molecule has 0 aromatic heterocycles. The molecule has 0 aromatic rings. The van der Waals surface area contributed by atoms with Crippen LogP contribution in [0, 0.1) is 5.41 Å². The maximum absolute atomic E-state index is 5.99. The highest BCUT2D eigenvalue weighted by Crippen LogP contribution is 2.32. The first-order valence-corrected chi connectivity index (χ1v) is 8.07. The lowest BCUT2D eigenvalue weighted by atomic mass is 9.79. The number of rotatable bonds is 8. The molecule has 0 bridgehead atoms. The first-order chi connectivity index (χ1) is 8.59. The van der Waals surface area contributed by atoms with E-state index < -0.39 is 0 Å². The third-order valence-electron chi connectivity index (χ3n) is 4.51. The van der Waals surface area contributed by atoms with Gasteiger partial charge in [0.25, 0.3) is 0 Å². The van der Waals surface area contributed by atoms with Gasteiger partial charge in [0.1, 0.15) is 0 Å². The predicted octanol–water partition coefficient (Wildman–Crippen LogP) is 3.80. The Hall–Kier alpha value is -0.0800. The molecule has 1 aliphatic heterocycles. The molecule has 18 heavy (non-hydrogen) atoms. The van der Waals surface area contributed by atoms with Crippen LogP contribution in [0.5, 0.6) is 0 Å². The van der Waals surface area contributed by atoms with E-state index in [1.807, 2.05) is 0 Å². The molecule has 2 N–H and O–H groups in total. The number of hydrogen-bond acceptors (Lipinski definition) is 2. The van der Waals surface area contributed by atoms with Gasteiger partial charge in [-0.1, -0.05) is 46.5 Å². The number of nitrogens with zero attached hydrogens (tertiary/aromatic N) is 1. The minimum atomic E-state index is 0.457. The zero-order valence-electron chi connectivity index (χ0n) is 12.9. The molecule has 0 unspecified atom stereocenters. The SMILES string of the molecule is CCCCC(C)(CCCC)CN1CCC(N)CC1. The summed E-state index contributed by atoms with van der Waals surface area (Å²) in [7, 11) is 0. The number of unbranched alkanes of at least 4 members (excludes halogenated alkanes) is 2. The summed E-state index contributed by atoms with van der Waals surface area (Å²) in [5.41, 5.74) is 6.53. The highest BCUT2D eigenvalue weighted by Gasteiger charge is 2.27. The van der Waals surface area contributed by atoms with E-state index in [9.17, 15) is 0 Å². The Balaban J connectivity index is 2.43. The molecule has 108 valence electrons. The van der Waals surface area contributed by atoms with Gasteiger partial charge >= 0.3 is 0 Å². The van der Waals surface area contributed by atoms with Gasteiger partial charge in [0.15, 0.2) is 0 Å². The zero-order chi connectivity index (χ0) is 13.4. The molecule has 0 atom stereocenters. The third kappa shape index (κ3) is 5.71. The summed E-state index contributed by atoms with van der Waals surface area (Å²) in [6.07, 6.45) is 10.6. The molecule has 1 saturated heterocycles. The Bertz CT molecular complexity index is 199. The van der Waals surface area contributed by atoms with E-state index in [0.29, 0.717) is 11.5 Å². The van der Waals surface area contributed by atoms with Gasteiger partial charge in [0.2, 0.25) is 0 Å². The summed E-state index contributed by atoms with van der Waals surface area (Å²) in [6, 6.07) is 0.457. The molecular formula is C16H34N2. The van der Waals surface area contributed by atoms with Gasteiger partial charge < -0.3 is 10.6 Å². The van der Waals surface area contributed by atoms with Crippen molar-refractivity contribution in [3.63, 3.8) is 0 Å². The second-order valence-electron chi connectivity index (χ2n) is 6.63. The van der Waals surface area contributed by atoms with Gasteiger partial charge in [-0.3, -0.25) is 0 Å². The summed E-state index contributed by atoms with van der Waals surface area (Å²) in [6.45, 7) is 10.8. The van der Waals surface area contributed by atoms with Crippen LogP contribution in [0.25, 0.3) is 0 Å². The van der Waals surface area contributed by atoms with Crippen LogP contribution in [0.4, 0.5) is 0 Å². The Labute approximate surface area is 114 Å².